The van der Waals surface area contributed by atoms with Crippen molar-refractivity contribution >= 4 is 40.9 Å². The Balaban J connectivity index is 1.54. The molecule has 0 bridgehead atoms. The van der Waals surface area contributed by atoms with E-state index in [4.69, 9.17) is 0 Å². The minimum atomic E-state index is -0.845. The molecule has 1 fully saturated rings. The number of nitrogens with one attached hydrogen (secondary N) is 1. The number of aryl methyl sites for hydroxylation is 2. The molecule has 1 saturated heterocycles. The highest BCUT2D eigenvalue weighted by atomic mass is 32.2. The van der Waals surface area contributed by atoms with Crippen molar-refractivity contribution in [1.29, 1.82) is 0 Å². The number of likely N-dealkylation sites (tertiary alicyclic amines) is 1. The van der Waals surface area contributed by atoms with Crippen LogP contribution in [0, 0.1) is 13.8 Å². The van der Waals surface area contributed by atoms with Crippen molar-refractivity contribution in [1.82, 2.24) is 4.90 Å². The van der Waals surface area contributed by atoms with Crippen LogP contribution in [-0.4, -0.2) is 47.5 Å². The summed E-state index contributed by atoms with van der Waals surface area (Å²) < 4.78 is 0. The Morgan fingerprint density at radius 1 is 1.03 bits per heavy atom. The quantitative estimate of drug-likeness (QED) is 0.740. The summed E-state index contributed by atoms with van der Waals surface area (Å²) in [4.78, 5) is 43.4. The fraction of sp³-hybridized carbons (Fsp3) is 0.375. The fourth-order valence-electron chi connectivity index (χ4n) is 3.98. The number of hydrogen-bond acceptors (Lipinski definition) is 4. The number of hydrogen-bond donors (Lipinski definition) is 1. The van der Waals surface area contributed by atoms with E-state index in [0.717, 1.165) is 35.3 Å². The maximum Gasteiger partial charge on any atom is 0.250 e. The standard InChI is InChI=1S/C24H27N3O3S/c1-16-10-11-18(14-17(16)2)25-21(28)15-27-19-8-4-5-9-20(19)31-22(24(27)30)23(29)26-12-6-3-7-13-26/h4-5,8-11,14,22H,3,6-7,12-13,15H2,1-2H3,(H,25,28)/t22-/m0/s1. The zero-order chi connectivity index (χ0) is 22.0. The van der Waals surface area contributed by atoms with Crippen LogP contribution < -0.4 is 10.2 Å². The van der Waals surface area contributed by atoms with Gasteiger partial charge < -0.3 is 15.1 Å². The summed E-state index contributed by atoms with van der Waals surface area (Å²) in [6.45, 7) is 5.26. The second-order valence-electron chi connectivity index (χ2n) is 8.12. The molecular formula is C24H27N3O3S. The molecule has 162 valence electrons. The van der Waals surface area contributed by atoms with E-state index in [9.17, 15) is 14.4 Å². The van der Waals surface area contributed by atoms with Crippen LogP contribution in [0.4, 0.5) is 11.4 Å². The minimum Gasteiger partial charge on any atom is -0.341 e. The van der Waals surface area contributed by atoms with Crippen LogP contribution in [0.1, 0.15) is 30.4 Å². The van der Waals surface area contributed by atoms with Gasteiger partial charge in [-0.1, -0.05) is 18.2 Å². The highest BCUT2D eigenvalue weighted by Crippen LogP contribution is 2.40. The Labute approximate surface area is 187 Å². The van der Waals surface area contributed by atoms with Gasteiger partial charge in [-0.3, -0.25) is 14.4 Å². The number of fused-ring (bicyclic) bond motifs is 1. The molecule has 0 aromatic heterocycles. The Morgan fingerprint density at radius 3 is 2.52 bits per heavy atom. The number of para-hydroxylation sites is 1. The topological polar surface area (TPSA) is 69.7 Å². The molecule has 2 aliphatic heterocycles. The Kier molecular flexibility index (Phi) is 6.32. The number of benzene rings is 2. The lowest BCUT2D eigenvalue weighted by atomic mass is 10.1. The third-order valence-corrected chi connectivity index (χ3v) is 7.11. The third kappa shape index (κ3) is 4.61. The largest absolute Gasteiger partial charge is 0.341 e. The molecule has 0 saturated carbocycles. The van der Waals surface area contributed by atoms with E-state index < -0.39 is 5.25 Å². The lowest BCUT2D eigenvalue weighted by Gasteiger charge is -2.36. The normalized spacial score (nSPS) is 18.5. The Morgan fingerprint density at radius 2 is 1.77 bits per heavy atom. The van der Waals surface area contributed by atoms with Crippen LogP contribution in [0.25, 0.3) is 0 Å². The first-order valence-electron chi connectivity index (χ1n) is 10.7. The lowest BCUT2D eigenvalue weighted by molar-refractivity contribution is -0.135. The van der Waals surface area contributed by atoms with Crippen LogP contribution >= 0.6 is 11.8 Å². The van der Waals surface area contributed by atoms with Gasteiger partial charge in [0.15, 0.2) is 5.25 Å². The predicted octanol–water partition coefficient (Wildman–Crippen LogP) is 3.76. The Hall–Kier alpha value is -2.80. The van der Waals surface area contributed by atoms with Gasteiger partial charge in [0.25, 0.3) is 5.91 Å². The van der Waals surface area contributed by atoms with E-state index >= 15 is 0 Å². The average molecular weight is 438 g/mol. The minimum absolute atomic E-state index is 0.132. The zero-order valence-corrected chi connectivity index (χ0v) is 18.7. The van der Waals surface area contributed by atoms with Crippen LogP contribution in [0.15, 0.2) is 47.4 Å². The first kappa shape index (κ1) is 21.4. The van der Waals surface area contributed by atoms with Gasteiger partial charge in [0.05, 0.1) is 5.69 Å². The molecule has 6 nitrogen and oxygen atoms in total. The smallest absolute Gasteiger partial charge is 0.250 e. The number of carbonyl (C=O) groups excluding carboxylic acids is 3. The molecule has 3 amide bonds. The van der Waals surface area contributed by atoms with Crippen LogP contribution in [-0.2, 0) is 14.4 Å². The number of amides is 3. The number of carbonyl (C=O) groups is 3. The van der Waals surface area contributed by atoms with Gasteiger partial charge in [-0.15, -0.1) is 11.8 Å². The maximum atomic E-state index is 13.3. The second-order valence-corrected chi connectivity index (χ2v) is 9.27. The van der Waals surface area contributed by atoms with Crippen molar-refractivity contribution in [3.63, 3.8) is 0 Å². The van der Waals surface area contributed by atoms with Crippen LogP contribution in [0.5, 0.6) is 0 Å². The highest BCUT2D eigenvalue weighted by Gasteiger charge is 2.40. The van der Waals surface area contributed by atoms with Gasteiger partial charge in [-0.25, -0.2) is 0 Å². The molecule has 4 rings (SSSR count). The first-order valence-corrected chi connectivity index (χ1v) is 11.5. The van der Waals surface area contributed by atoms with E-state index in [-0.39, 0.29) is 24.3 Å². The summed E-state index contributed by atoms with van der Waals surface area (Å²) in [5.41, 5.74) is 3.60. The average Bonchev–Trinajstić information content (AvgIpc) is 2.78. The van der Waals surface area contributed by atoms with Crippen LogP contribution in [0.3, 0.4) is 0 Å². The summed E-state index contributed by atoms with van der Waals surface area (Å²) in [7, 11) is 0. The summed E-state index contributed by atoms with van der Waals surface area (Å²) in [6.07, 6.45) is 3.05. The summed E-state index contributed by atoms with van der Waals surface area (Å²) in [5, 5.41) is 2.04. The van der Waals surface area contributed by atoms with Crippen molar-refractivity contribution in [3.05, 3.63) is 53.6 Å². The molecule has 1 N–H and O–H groups in total. The molecule has 0 unspecified atom stereocenters. The molecule has 0 aliphatic carbocycles. The molecule has 2 aliphatic rings. The molecule has 31 heavy (non-hydrogen) atoms. The van der Waals surface area contributed by atoms with Gasteiger partial charge >= 0.3 is 0 Å². The highest BCUT2D eigenvalue weighted by molar-refractivity contribution is 8.01. The van der Waals surface area contributed by atoms with Crippen molar-refractivity contribution in [3.8, 4) is 0 Å². The number of anilines is 2. The first-order chi connectivity index (χ1) is 14.9. The van der Waals surface area contributed by atoms with Crippen molar-refractivity contribution in [2.75, 3.05) is 29.9 Å². The molecule has 1 atom stereocenters. The monoisotopic (exact) mass is 437 g/mol. The van der Waals surface area contributed by atoms with E-state index in [1.165, 1.54) is 16.7 Å². The van der Waals surface area contributed by atoms with Crippen LogP contribution in [0.2, 0.25) is 0 Å². The number of nitrogens with zero attached hydrogens (tertiary/aromatic N) is 2. The molecule has 2 aromatic carbocycles. The van der Waals surface area contributed by atoms with E-state index in [2.05, 4.69) is 5.32 Å². The molecule has 7 heteroatoms. The van der Waals surface area contributed by atoms with Gasteiger partial charge in [-0.05, 0) is 68.5 Å². The van der Waals surface area contributed by atoms with Crippen molar-refractivity contribution < 1.29 is 14.4 Å². The zero-order valence-electron chi connectivity index (χ0n) is 17.9. The Bertz CT molecular complexity index is 1020. The van der Waals surface area contributed by atoms with Gasteiger partial charge in [0, 0.05) is 23.7 Å². The number of rotatable bonds is 4. The number of thioether (sulfide) groups is 1. The molecule has 0 radical (unpaired) electrons. The molecule has 0 spiro atoms. The molecule has 2 heterocycles. The summed E-state index contributed by atoms with van der Waals surface area (Å²) in [5.74, 6) is -0.763. The lowest BCUT2D eigenvalue weighted by Crippen LogP contribution is -2.52. The fourth-order valence-corrected chi connectivity index (χ4v) is 5.17. The van der Waals surface area contributed by atoms with Gasteiger partial charge in [-0.2, -0.15) is 0 Å². The third-order valence-electron chi connectivity index (χ3n) is 5.88. The van der Waals surface area contributed by atoms with E-state index in [1.54, 1.807) is 4.90 Å². The van der Waals surface area contributed by atoms with E-state index in [1.807, 2.05) is 56.3 Å². The second kappa shape index (κ2) is 9.14. The summed E-state index contributed by atoms with van der Waals surface area (Å²) in [6, 6.07) is 13.2. The molecular weight excluding hydrogens is 410 g/mol. The van der Waals surface area contributed by atoms with E-state index in [0.29, 0.717) is 24.5 Å². The molecule has 2 aromatic rings. The summed E-state index contributed by atoms with van der Waals surface area (Å²) >= 11 is 1.29. The number of piperidine rings is 1. The SMILES string of the molecule is Cc1ccc(NC(=O)CN2C(=O)[C@H](C(=O)N3CCCCC3)Sc3ccccc32)cc1C. The predicted molar refractivity (Wildman–Crippen MR) is 123 cm³/mol. The maximum absolute atomic E-state index is 13.3. The van der Waals surface area contributed by atoms with Crippen molar-refractivity contribution in [2.24, 2.45) is 0 Å². The van der Waals surface area contributed by atoms with Crippen molar-refractivity contribution in [2.45, 2.75) is 43.3 Å². The van der Waals surface area contributed by atoms with Gasteiger partial charge in [0.2, 0.25) is 11.8 Å². The van der Waals surface area contributed by atoms with Gasteiger partial charge in [0.1, 0.15) is 6.54 Å².